The Kier molecular flexibility index (Phi) is 8.17. The maximum Gasteiger partial charge on any atom is 0.410 e. The molecule has 2 aliphatic heterocycles. The molecular formula is C20H40N4O2. The summed E-state index contributed by atoms with van der Waals surface area (Å²) in [5.41, 5.74) is 5.56. The highest BCUT2D eigenvalue weighted by atomic mass is 16.6. The maximum absolute atomic E-state index is 12.1. The average molecular weight is 369 g/mol. The lowest BCUT2D eigenvalue weighted by atomic mass is 9.96. The van der Waals surface area contributed by atoms with Crippen molar-refractivity contribution in [3.8, 4) is 0 Å². The van der Waals surface area contributed by atoms with Crippen LogP contribution in [0.1, 0.15) is 52.9 Å². The van der Waals surface area contributed by atoms with E-state index >= 15 is 0 Å². The van der Waals surface area contributed by atoms with Gasteiger partial charge in [0, 0.05) is 25.7 Å². The Labute approximate surface area is 160 Å². The molecule has 0 radical (unpaired) electrons. The molecule has 2 aliphatic rings. The minimum Gasteiger partial charge on any atom is -0.444 e. The molecule has 152 valence electrons. The molecule has 0 aromatic rings. The Morgan fingerprint density at radius 1 is 1.12 bits per heavy atom. The number of nitrogens with two attached hydrogens (primary N) is 1. The van der Waals surface area contributed by atoms with Crippen molar-refractivity contribution < 1.29 is 9.53 Å². The number of piperidine rings is 2. The summed E-state index contributed by atoms with van der Waals surface area (Å²) in [6.45, 7) is 13.2. The molecule has 2 saturated heterocycles. The first-order valence-electron chi connectivity index (χ1n) is 10.4. The van der Waals surface area contributed by atoms with E-state index in [4.69, 9.17) is 10.5 Å². The zero-order valence-corrected chi connectivity index (χ0v) is 17.4. The van der Waals surface area contributed by atoms with Gasteiger partial charge in [-0.05, 0) is 92.0 Å². The van der Waals surface area contributed by atoms with Crippen molar-refractivity contribution in [2.45, 2.75) is 64.5 Å². The number of nitrogens with zero attached hydrogens (tertiary/aromatic N) is 3. The molecule has 1 amide bonds. The number of carbonyl (C=O) groups is 1. The van der Waals surface area contributed by atoms with Gasteiger partial charge in [-0.25, -0.2) is 4.79 Å². The number of carbonyl (C=O) groups excluding carboxylic acids is 1. The minimum absolute atomic E-state index is 0.162. The fraction of sp³-hybridized carbons (Fsp3) is 0.950. The van der Waals surface area contributed by atoms with E-state index in [1.807, 2.05) is 25.7 Å². The molecule has 0 atom stereocenters. The number of likely N-dealkylation sites (tertiary alicyclic amines) is 2. The van der Waals surface area contributed by atoms with Crippen molar-refractivity contribution in [1.82, 2.24) is 14.7 Å². The van der Waals surface area contributed by atoms with Crippen LogP contribution < -0.4 is 5.73 Å². The van der Waals surface area contributed by atoms with Gasteiger partial charge < -0.3 is 25.2 Å². The number of rotatable bonds is 6. The van der Waals surface area contributed by atoms with E-state index in [0.29, 0.717) is 12.0 Å². The molecule has 0 aromatic carbocycles. The second-order valence-electron chi connectivity index (χ2n) is 9.21. The summed E-state index contributed by atoms with van der Waals surface area (Å²) in [6.07, 6.45) is 5.51. The van der Waals surface area contributed by atoms with Gasteiger partial charge in [-0.15, -0.1) is 0 Å². The van der Waals surface area contributed by atoms with Crippen LogP contribution >= 0.6 is 0 Å². The zero-order valence-electron chi connectivity index (χ0n) is 17.4. The molecular weight excluding hydrogens is 328 g/mol. The molecule has 6 heteroatoms. The van der Waals surface area contributed by atoms with Gasteiger partial charge >= 0.3 is 6.09 Å². The van der Waals surface area contributed by atoms with E-state index in [2.05, 4.69) is 16.8 Å². The molecule has 2 heterocycles. The summed E-state index contributed by atoms with van der Waals surface area (Å²) in [5.74, 6) is 0.687. The second-order valence-corrected chi connectivity index (χ2v) is 9.21. The van der Waals surface area contributed by atoms with Crippen molar-refractivity contribution >= 4 is 6.09 Å². The van der Waals surface area contributed by atoms with Gasteiger partial charge in [0.25, 0.3) is 0 Å². The van der Waals surface area contributed by atoms with Crippen LogP contribution in [-0.2, 0) is 4.74 Å². The van der Waals surface area contributed by atoms with Crippen LogP contribution in [0.2, 0.25) is 0 Å². The molecule has 2 N–H and O–H groups in total. The summed E-state index contributed by atoms with van der Waals surface area (Å²) >= 11 is 0. The van der Waals surface area contributed by atoms with E-state index in [-0.39, 0.29) is 6.09 Å². The monoisotopic (exact) mass is 368 g/mol. The molecule has 0 unspecified atom stereocenters. The van der Waals surface area contributed by atoms with Crippen molar-refractivity contribution in [3.63, 3.8) is 0 Å². The normalized spacial score (nSPS) is 21.4. The van der Waals surface area contributed by atoms with Crippen molar-refractivity contribution in [2.75, 3.05) is 52.9 Å². The van der Waals surface area contributed by atoms with Crippen molar-refractivity contribution in [3.05, 3.63) is 0 Å². The minimum atomic E-state index is -0.409. The van der Waals surface area contributed by atoms with Gasteiger partial charge in [-0.1, -0.05) is 0 Å². The van der Waals surface area contributed by atoms with Crippen molar-refractivity contribution in [1.29, 1.82) is 0 Å². The molecule has 0 saturated carbocycles. The number of ether oxygens (including phenoxy) is 1. The number of hydrogen-bond donors (Lipinski definition) is 1. The lowest BCUT2D eigenvalue weighted by Gasteiger charge is -2.35. The topological polar surface area (TPSA) is 62.0 Å². The predicted molar refractivity (Wildman–Crippen MR) is 106 cm³/mol. The van der Waals surface area contributed by atoms with Crippen molar-refractivity contribution in [2.24, 2.45) is 11.7 Å². The molecule has 0 aliphatic carbocycles. The lowest BCUT2D eigenvalue weighted by molar-refractivity contribution is 0.0172. The van der Waals surface area contributed by atoms with Crippen LogP contribution in [0, 0.1) is 5.92 Å². The number of hydrogen-bond acceptors (Lipinski definition) is 5. The van der Waals surface area contributed by atoms with E-state index in [9.17, 15) is 4.79 Å². The molecule has 0 bridgehead atoms. The van der Waals surface area contributed by atoms with Gasteiger partial charge in [0.2, 0.25) is 0 Å². The quantitative estimate of drug-likeness (QED) is 0.780. The predicted octanol–water partition coefficient (Wildman–Crippen LogP) is 2.38. The first-order chi connectivity index (χ1) is 12.2. The average Bonchev–Trinajstić information content (AvgIpc) is 2.56. The van der Waals surface area contributed by atoms with E-state index < -0.39 is 5.60 Å². The summed E-state index contributed by atoms with van der Waals surface area (Å²) in [4.78, 5) is 19.0. The Balaban J connectivity index is 1.57. The zero-order chi connectivity index (χ0) is 19.2. The van der Waals surface area contributed by atoms with Crippen LogP contribution in [0.15, 0.2) is 0 Å². The second kappa shape index (κ2) is 9.90. The Morgan fingerprint density at radius 3 is 2.31 bits per heavy atom. The third-order valence-electron chi connectivity index (χ3n) is 5.48. The molecule has 2 fully saturated rings. The Bertz CT molecular complexity index is 422. The van der Waals surface area contributed by atoms with Crippen LogP contribution in [0.4, 0.5) is 4.79 Å². The Morgan fingerprint density at radius 2 is 1.73 bits per heavy atom. The van der Waals surface area contributed by atoms with Crippen LogP contribution in [0.25, 0.3) is 0 Å². The van der Waals surface area contributed by atoms with Crippen LogP contribution in [0.5, 0.6) is 0 Å². The molecule has 6 nitrogen and oxygen atoms in total. The number of amides is 1. The van der Waals surface area contributed by atoms with E-state index in [1.165, 1.54) is 13.0 Å². The highest BCUT2D eigenvalue weighted by molar-refractivity contribution is 5.68. The van der Waals surface area contributed by atoms with Gasteiger partial charge in [0.05, 0.1) is 0 Å². The molecule has 0 spiro atoms. The smallest absolute Gasteiger partial charge is 0.410 e. The Hall–Kier alpha value is -0.850. The molecule has 26 heavy (non-hydrogen) atoms. The van der Waals surface area contributed by atoms with Gasteiger partial charge in [-0.3, -0.25) is 0 Å². The summed E-state index contributed by atoms with van der Waals surface area (Å²) in [7, 11) is 2.23. The van der Waals surface area contributed by atoms with Crippen LogP contribution in [0.3, 0.4) is 0 Å². The third-order valence-corrected chi connectivity index (χ3v) is 5.48. The van der Waals surface area contributed by atoms with E-state index in [0.717, 1.165) is 65.0 Å². The fourth-order valence-electron chi connectivity index (χ4n) is 3.90. The fourth-order valence-corrected chi connectivity index (χ4v) is 3.90. The SMILES string of the molecule is CN(CCCN1CCC(N)CC1)CC1CCN(C(=O)OC(C)(C)C)CC1. The summed E-state index contributed by atoms with van der Waals surface area (Å²) in [6, 6.07) is 0.417. The maximum atomic E-state index is 12.1. The van der Waals surface area contributed by atoms with Gasteiger partial charge in [0.15, 0.2) is 0 Å². The summed E-state index contributed by atoms with van der Waals surface area (Å²) < 4.78 is 5.47. The lowest BCUT2D eigenvalue weighted by Crippen LogP contribution is -2.43. The van der Waals surface area contributed by atoms with E-state index in [1.54, 1.807) is 0 Å². The largest absolute Gasteiger partial charge is 0.444 e. The van der Waals surface area contributed by atoms with Gasteiger partial charge in [-0.2, -0.15) is 0 Å². The summed E-state index contributed by atoms with van der Waals surface area (Å²) in [5, 5.41) is 0. The van der Waals surface area contributed by atoms with Crippen LogP contribution in [-0.4, -0.2) is 85.3 Å². The highest BCUT2D eigenvalue weighted by Gasteiger charge is 2.27. The highest BCUT2D eigenvalue weighted by Crippen LogP contribution is 2.20. The molecule has 0 aromatic heterocycles. The molecule has 2 rings (SSSR count). The standard InChI is InChI=1S/C20H40N4O2/c1-20(2,3)26-19(25)24-14-6-17(7-15-24)16-22(4)10-5-11-23-12-8-18(21)9-13-23/h17-18H,5-16,21H2,1-4H3. The van der Waals surface area contributed by atoms with Gasteiger partial charge in [0.1, 0.15) is 5.60 Å². The first-order valence-corrected chi connectivity index (χ1v) is 10.4. The third kappa shape index (κ3) is 7.80. The first kappa shape index (κ1) is 21.5.